The molecule has 0 aromatic heterocycles. The number of nitrogens with zero attached hydrogens (tertiary/aromatic N) is 2. The first-order valence-electron chi connectivity index (χ1n) is 7.69. The van der Waals surface area contributed by atoms with Crippen molar-refractivity contribution in [3.63, 3.8) is 0 Å². The van der Waals surface area contributed by atoms with E-state index in [2.05, 4.69) is 0 Å². The number of hydrogen-bond acceptors (Lipinski definition) is 4. The molecule has 0 N–H and O–H groups in total. The second-order valence-corrected chi connectivity index (χ2v) is 11.1. The van der Waals surface area contributed by atoms with Crippen LogP contribution < -0.4 is 8.61 Å². The average Bonchev–Trinajstić information content (AvgIpc) is 2.64. The predicted octanol–water partition coefficient (Wildman–Crippen LogP) is 6.62. The summed E-state index contributed by atoms with van der Waals surface area (Å²) in [7, 11) is 0. The minimum Gasteiger partial charge on any atom is -0.277 e. The van der Waals surface area contributed by atoms with Crippen molar-refractivity contribution >= 4 is 94.5 Å². The van der Waals surface area contributed by atoms with E-state index < -0.39 is 7.84 Å². The zero-order chi connectivity index (χ0) is 21.7. The largest absolute Gasteiger partial charge is 0.324 e. The number of carbonyl (C=O) groups is 2. The summed E-state index contributed by atoms with van der Waals surface area (Å²) in [4.78, 5) is 22.2. The molecule has 0 aliphatic heterocycles. The molecular weight excluding hydrogens is 508 g/mol. The third kappa shape index (κ3) is 8.39. The van der Waals surface area contributed by atoms with Crippen molar-refractivity contribution < 1.29 is 18.4 Å². The van der Waals surface area contributed by atoms with E-state index >= 15 is 0 Å². The van der Waals surface area contributed by atoms with Gasteiger partial charge in [-0.05, 0) is 41.8 Å². The van der Waals surface area contributed by atoms with Gasteiger partial charge in [-0.25, -0.2) is 0 Å². The van der Waals surface area contributed by atoms with Crippen molar-refractivity contribution in [3.05, 3.63) is 59.7 Å². The van der Waals surface area contributed by atoms with Crippen LogP contribution in [0.2, 0.25) is 0 Å². The number of alkyl halides is 6. The Morgan fingerprint density at radius 3 is 1.28 bits per heavy atom. The van der Waals surface area contributed by atoms with Gasteiger partial charge in [0.2, 0.25) is 12.8 Å². The fourth-order valence-corrected chi connectivity index (χ4v) is 4.13. The summed E-state index contributed by atoms with van der Waals surface area (Å²) in [6.07, 6.45) is 1.35. The Morgan fingerprint density at radius 2 is 1.03 bits per heavy atom. The molecule has 2 aromatic carbocycles. The zero-order valence-corrected chi connectivity index (χ0v) is 18.9. The summed E-state index contributed by atoms with van der Waals surface area (Å²) >= 11 is 21.7. The molecule has 2 rings (SSSR count). The van der Waals surface area contributed by atoms with Crippen molar-refractivity contribution in [1.82, 2.24) is 0 Å². The Labute approximate surface area is 194 Å². The Bertz CT molecular complexity index is 762. The summed E-state index contributed by atoms with van der Waals surface area (Å²) in [5.41, 5.74) is 2.63. The van der Waals surface area contributed by atoms with Crippen LogP contribution in [0.5, 0.6) is 0 Å². The van der Waals surface area contributed by atoms with Crippen molar-refractivity contribution in [2.24, 2.45) is 0 Å². The highest BCUT2D eigenvalue weighted by Gasteiger charge is 2.29. The molecule has 0 spiro atoms. The number of carbonyl (C=O) groups excluding carboxylic acids is 2. The van der Waals surface area contributed by atoms with Gasteiger partial charge in [-0.1, -0.05) is 70.7 Å². The number of anilines is 2. The SMILES string of the molecule is O=CN(SC(F)(Cl)Cl)c1ccc(Cc2ccc(N(C=O)SC(F)(Cl)Cl)cc2)cc1. The van der Waals surface area contributed by atoms with Crippen molar-refractivity contribution in [3.8, 4) is 0 Å². The zero-order valence-electron chi connectivity index (χ0n) is 14.3. The third-order valence-electron chi connectivity index (χ3n) is 3.39. The van der Waals surface area contributed by atoms with Gasteiger partial charge in [0.15, 0.2) is 0 Å². The Morgan fingerprint density at radius 1 is 0.724 bits per heavy atom. The van der Waals surface area contributed by atoms with Gasteiger partial charge in [0.1, 0.15) is 0 Å². The second kappa shape index (κ2) is 10.4. The van der Waals surface area contributed by atoms with Gasteiger partial charge in [0.05, 0.1) is 11.4 Å². The molecule has 0 saturated heterocycles. The van der Waals surface area contributed by atoms with E-state index in [0.29, 0.717) is 54.5 Å². The van der Waals surface area contributed by atoms with Crippen molar-refractivity contribution in [1.29, 1.82) is 0 Å². The van der Waals surface area contributed by atoms with Crippen LogP contribution in [0.15, 0.2) is 48.5 Å². The molecule has 0 aliphatic carbocycles. The molecule has 0 radical (unpaired) electrons. The van der Waals surface area contributed by atoms with E-state index in [9.17, 15) is 18.4 Å². The number of rotatable bonds is 10. The standard InChI is InChI=1S/C17H12Cl4F2N2O2S2/c18-16(19,22)28-24(10-26)14-5-1-12(2-6-14)9-13-3-7-15(8-4-13)25(11-27)29-17(20,21)23/h1-8,10-11H,9H2. The number of amides is 2. The van der Waals surface area contributed by atoms with Gasteiger partial charge in [-0.2, -0.15) is 8.78 Å². The highest BCUT2D eigenvalue weighted by Crippen LogP contribution is 2.41. The molecule has 4 nitrogen and oxygen atoms in total. The maximum absolute atomic E-state index is 13.3. The highest BCUT2D eigenvalue weighted by molar-refractivity contribution is 8.05. The lowest BCUT2D eigenvalue weighted by molar-refractivity contribution is -0.107. The molecule has 0 fully saturated rings. The first-order chi connectivity index (χ1) is 13.5. The van der Waals surface area contributed by atoms with Gasteiger partial charge in [0, 0.05) is 23.9 Å². The van der Waals surface area contributed by atoms with E-state index in [4.69, 9.17) is 46.4 Å². The molecule has 0 atom stereocenters. The van der Waals surface area contributed by atoms with Crippen molar-refractivity contribution in [2.45, 2.75) is 14.3 Å². The smallest absolute Gasteiger partial charge is 0.277 e. The Kier molecular flexibility index (Phi) is 8.75. The predicted molar refractivity (Wildman–Crippen MR) is 119 cm³/mol. The third-order valence-corrected chi connectivity index (χ3v) is 5.61. The molecule has 0 aliphatic rings. The van der Waals surface area contributed by atoms with Gasteiger partial charge in [-0.15, -0.1) is 0 Å². The van der Waals surface area contributed by atoms with Gasteiger partial charge in [-0.3, -0.25) is 18.2 Å². The van der Waals surface area contributed by atoms with Crippen LogP contribution in [0.4, 0.5) is 20.2 Å². The van der Waals surface area contributed by atoms with E-state index in [-0.39, 0.29) is 0 Å². The molecule has 12 heteroatoms. The highest BCUT2D eigenvalue weighted by atomic mass is 35.5. The first-order valence-corrected chi connectivity index (χ1v) is 10.8. The lowest BCUT2D eigenvalue weighted by Crippen LogP contribution is -2.17. The van der Waals surface area contributed by atoms with Crippen LogP contribution in [-0.2, 0) is 16.0 Å². The maximum Gasteiger partial charge on any atom is 0.324 e. The summed E-state index contributed by atoms with van der Waals surface area (Å²) in [5, 5.41) is 0. The molecule has 2 aromatic rings. The van der Waals surface area contributed by atoms with Crippen LogP contribution in [-0.4, -0.2) is 20.7 Å². The van der Waals surface area contributed by atoms with E-state index in [1.807, 2.05) is 0 Å². The topological polar surface area (TPSA) is 40.6 Å². The first kappa shape index (κ1) is 24.4. The Hall–Kier alpha value is -0.900. The number of benzene rings is 2. The Balaban J connectivity index is 2.06. The van der Waals surface area contributed by atoms with Gasteiger partial charge >= 0.3 is 7.84 Å². The normalized spacial score (nSPS) is 11.8. The molecule has 0 unspecified atom stereocenters. The van der Waals surface area contributed by atoms with Crippen molar-refractivity contribution in [2.75, 3.05) is 8.61 Å². The fraction of sp³-hybridized carbons (Fsp3) is 0.176. The molecular formula is C17H12Cl4F2N2O2S2. The van der Waals surface area contributed by atoms with Crippen LogP contribution in [0.1, 0.15) is 11.1 Å². The maximum atomic E-state index is 13.3. The lowest BCUT2D eigenvalue weighted by atomic mass is 10.0. The lowest BCUT2D eigenvalue weighted by Gasteiger charge is -2.20. The quantitative estimate of drug-likeness (QED) is 0.201. The monoisotopic (exact) mass is 518 g/mol. The van der Waals surface area contributed by atoms with Crippen LogP contribution in [0.3, 0.4) is 0 Å². The molecule has 156 valence electrons. The van der Waals surface area contributed by atoms with E-state index in [1.54, 1.807) is 48.5 Å². The van der Waals surface area contributed by atoms with Crippen LogP contribution in [0.25, 0.3) is 0 Å². The summed E-state index contributed by atoms with van der Waals surface area (Å²) in [6, 6.07) is 13.5. The summed E-state index contributed by atoms with van der Waals surface area (Å²) in [6.45, 7) is 0. The van der Waals surface area contributed by atoms with Gasteiger partial charge in [0.25, 0.3) is 0 Å². The summed E-state index contributed by atoms with van der Waals surface area (Å²) < 4.78 is 23.3. The molecule has 29 heavy (non-hydrogen) atoms. The van der Waals surface area contributed by atoms with E-state index in [1.165, 1.54) is 0 Å². The number of hydrogen-bond donors (Lipinski definition) is 0. The molecule has 0 bridgehead atoms. The second-order valence-electron chi connectivity index (χ2n) is 5.45. The molecule has 0 heterocycles. The fourth-order valence-electron chi connectivity index (χ4n) is 2.25. The van der Waals surface area contributed by atoms with Crippen LogP contribution >= 0.6 is 70.3 Å². The summed E-state index contributed by atoms with van der Waals surface area (Å²) in [5.74, 6) is 0. The molecule has 2 amide bonds. The van der Waals surface area contributed by atoms with Crippen LogP contribution in [0, 0.1) is 0 Å². The average molecular weight is 520 g/mol. The minimum absolute atomic E-state index is 0.324. The van der Waals surface area contributed by atoms with E-state index in [0.717, 1.165) is 19.7 Å². The number of halogens is 6. The van der Waals surface area contributed by atoms with Gasteiger partial charge < -0.3 is 0 Å². The minimum atomic E-state index is -2.64. The molecule has 0 saturated carbocycles.